The molecule has 18 heavy (non-hydrogen) atoms. The normalized spacial score (nSPS) is 34.7. The van der Waals surface area contributed by atoms with Gasteiger partial charge in [0.1, 0.15) is 0 Å². The second kappa shape index (κ2) is 7.46. The Morgan fingerprint density at radius 2 is 1.94 bits per heavy atom. The molecule has 2 rings (SSSR count). The van der Waals surface area contributed by atoms with Gasteiger partial charge in [-0.2, -0.15) is 0 Å². The Hall–Kier alpha value is -0.120. The van der Waals surface area contributed by atoms with Crippen LogP contribution in [0.5, 0.6) is 0 Å². The van der Waals surface area contributed by atoms with E-state index >= 15 is 0 Å². The molecule has 1 saturated heterocycles. The van der Waals surface area contributed by atoms with E-state index in [9.17, 15) is 0 Å². The fraction of sp³-hybridized carbons (Fsp3) is 1.00. The number of hydrogen-bond acceptors (Lipinski definition) is 3. The lowest BCUT2D eigenvalue weighted by Gasteiger charge is -2.34. The topological polar surface area (TPSA) is 24.5 Å². The molecular weight excluding hydrogens is 224 g/mol. The van der Waals surface area contributed by atoms with E-state index in [0.717, 1.165) is 44.7 Å². The zero-order valence-corrected chi connectivity index (χ0v) is 12.2. The van der Waals surface area contributed by atoms with Crippen LogP contribution in [0.15, 0.2) is 0 Å². The number of ether oxygens (including phenoxy) is 1. The highest BCUT2D eigenvalue weighted by molar-refractivity contribution is 4.79. The standard InChI is InChI=1S/C15H30N2O/c1-3-13-5-7-14(8-6-13)16-11-15-12-17(4-2)9-10-18-15/h13-16H,3-12H2,1-2H3. The van der Waals surface area contributed by atoms with Gasteiger partial charge in [0.15, 0.2) is 0 Å². The molecule has 1 heterocycles. The molecule has 106 valence electrons. The quantitative estimate of drug-likeness (QED) is 0.814. The van der Waals surface area contributed by atoms with Crippen molar-refractivity contribution in [2.24, 2.45) is 5.92 Å². The fourth-order valence-electron chi connectivity index (χ4n) is 3.26. The highest BCUT2D eigenvalue weighted by Crippen LogP contribution is 2.26. The third-order valence-corrected chi connectivity index (χ3v) is 4.73. The molecule has 3 nitrogen and oxygen atoms in total. The van der Waals surface area contributed by atoms with Crippen molar-refractivity contribution >= 4 is 0 Å². The number of nitrogens with one attached hydrogen (secondary N) is 1. The molecule has 1 saturated carbocycles. The van der Waals surface area contributed by atoms with Crippen molar-refractivity contribution in [1.29, 1.82) is 0 Å². The van der Waals surface area contributed by atoms with Crippen molar-refractivity contribution in [3.63, 3.8) is 0 Å². The number of hydrogen-bond donors (Lipinski definition) is 1. The van der Waals surface area contributed by atoms with E-state index in [1.165, 1.54) is 32.1 Å². The van der Waals surface area contributed by atoms with Gasteiger partial charge in [-0.15, -0.1) is 0 Å². The minimum absolute atomic E-state index is 0.405. The average molecular weight is 254 g/mol. The van der Waals surface area contributed by atoms with E-state index in [4.69, 9.17) is 4.74 Å². The van der Waals surface area contributed by atoms with Gasteiger partial charge in [0.25, 0.3) is 0 Å². The minimum atomic E-state index is 0.405. The predicted molar refractivity (Wildman–Crippen MR) is 75.9 cm³/mol. The van der Waals surface area contributed by atoms with Crippen LogP contribution < -0.4 is 5.32 Å². The van der Waals surface area contributed by atoms with Crippen molar-refractivity contribution in [1.82, 2.24) is 10.2 Å². The van der Waals surface area contributed by atoms with Gasteiger partial charge in [-0.05, 0) is 38.1 Å². The van der Waals surface area contributed by atoms with Crippen LogP contribution in [0.3, 0.4) is 0 Å². The second-order valence-corrected chi connectivity index (χ2v) is 5.92. The molecule has 0 spiro atoms. The van der Waals surface area contributed by atoms with E-state index in [0.29, 0.717) is 6.10 Å². The first-order valence-corrected chi connectivity index (χ1v) is 7.89. The van der Waals surface area contributed by atoms with Crippen LogP contribution in [0.2, 0.25) is 0 Å². The molecule has 1 atom stereocenters. The lowest BCUT2D eigenvalue weighted by atomic mass is 9.84. The summed E-state index contributed by atoms with van der Waals surface area (Å²) in [4.78, 5) is 2.49. The van der Waals surface area contributed by atoms with Gasteiger partial charge in [0, 0.05) is 25.7 Å². The van der Waals surface area contributed by atoms with Gasteiger partial charge in [0.05, 0.1) is 12.7 Å². The van der Waals surface area contributed by atoms with Crippen molar-refractivity contribution in [3.05, 3.63) is 0 Å². The molecule has 2 fully saturated rings. The van der Waals surface area contributed by atoms with Gasteiger partial charge < -0.3 is 10.1 Å². The van der Waals surface area contributed by atoms with Gasteiger partial charge in [-0.3, -0.25) is 4.90 Å². The smallest absolute Gasteiger partial charge is 0.0826 e. The van der Waals surface area contributed by atoms with Crippen LogP contribution >= 0.6 is 0 Å². The molecule has 0 aromatic rings. The third kappa shape index (κ3) is 4.22. The Labute approximate surface area is 112 Å². The summed E-state index contributed by atoms with van der Waals surface area (Å²) in [7, 11) is 0. The largest absolute Gasteiger partial charge is 0.374 e. The number of likely N-dealkylation sites (N-methyl/N-ethyl adjacent to an activating group) is 1. The van der Waals surface area contributed by atoms with E-state index in [2.05, 4.69) is 24.1 Å². The summed E-state index contributed by atoms with van der Waals surface area (Å²) in [5.41, 5.74) is 0. The number of nitrogens with zero attached hydrogens (tertiary/aromatic N) is 1. The fourth-order valence-corrected chi connectivity index (χ4v) is 3.26. The molecule has 3 heteroatoms. The lowest BCUT2D eigenvalue weighted by molar-refractivity contribution is -0.0269. The second-order valence-electron chi connectivity index (χ2n) is 5.92. The zero-order chi connectivity index (χ0) is 12.8. The zero-order valence-electron chi connectivity index (χ0n) is 12.2. The molecule has 1 unspecified atom stereocenters. The highest BCUT2D eigenvalue weighted by Gasteiger charge is 2.23. The Bertz CT molecular complexity index is 227. The highest BCUT2D eigenvalue weighted by atomic mass is 16.5. The molecule has 1 aliphatic heterocycles. The first-order chi connectivity index (χ1) is 8.81. The summed E-state index contributed by atoms with van der Waals surface area (Å²) in [6.07, 6.45) is 7.33. The first kappa shape index (κ1) is 14.3. The first-order valence-electron chi connectivity index (χ1n) is 7.89. The Morgan fingerprint density at radius 1 is 1.17 bits per heavy atom. The Kier molecular flexibility index (Phi) is 5.93. The molecular formula is C15H30N2O. The van der Waals surface area contributed by atoms with Crippen LogP contribution in [0.25, 0.3) is 0 Å². The summed E-state index contributed by atoms with van der Waals surface area (Å²) >= 11 is 0. The molecule has 2 aliphatic rings. The van der Waals surface area contributed by atoms with Gasteiger partial charge in [-0.25, -0.2) is 0 Å². The van der Waals surface area contributed by atoms with E-state index < -0.39 is 0 Å². The maximum Gasteiger partial charge on any atom is 0.0826 e. The summed E-state index contributed by atoms with van der Waals surface area (Å²) in [6.45, 7) is 9.88. The Morgan fingerprint density at radius 3 is 2.61 bits per heavy atom. The number of rotatable bonds is 5. The monoisotopic (exact) mass is 254 g/mol. The molecule has 0 aromatic carbocycles. The van der Waals surface area contributed by atoms with Crippen molar-refractivity contribution < 1.29 is 4.74 Å². The maximum atomic E-state index is 5.84. The van der Waals surface area contributed by atoms with Crippen molar-refractivity contribution in [2.45, 2.75) is 58.1 Å². The average Bonchev–Trinajstić information content (AvgIpc) is 2.46. The molecule has 0 bridgehead atoms. The third-order valence-electron chi connectivity index (χ3n) is 4.73. The molecule has 0 amide bonds. The van der Waals surface area contributed by atoms with Gasteiger partial charge in [0.2, 0.25) is 0 Å². The van der Waals surface area contributed by atoms with Crippen LogP contribution in [-0.2, 0) is 4.74 Å². The van der Waals surface area contributed by atoms with Crippen LogP contribution in [-0.4, -0.2) is 49.8 Å². The molecule has 1 N–H and O–H groups in total. The number of morpholine rings is 1. The minimum Gasteiger partial charge on any atom is -0.374 e. The SMILES string of the molecule is CCC1CCC(NCC2CN(CC)CCO2)CC1. The molecule has 0 radical (unpaired) electrons. The van der Waals surface area contributed by atoms with E-state index in [-0.39, 0.29) is 0 Å². The van der Waals surface area contributed by atoms with Gasteiger partial charge in [-0.1, -0.05) is 20.3 Å². The van der Waals surface area contributed by atoms with E-state index in [1.807, 2.05) is 0 Å². The van der Waals surface area contributed by atoms with Crippen LogP contribution in [0.4, 0.5) is 0 Å². The van der Waals surface area contributed by atoms with Crippen molar-refractivity contribution in [2.75, 3.05) is 32.8 Å². The summed E-state index contributed by atoms with van der Waals surface area (Å²) < 4.78 is 5.84. The van der Waals surface area contributed by atoms with E-state index in [1.54, 1.807) is 0 Å². The van der Waals surface area contributed by atoms with Gasteiger partial charge >= 0.3 is 0 Å². The van der Waals surface area contributed by atoms with Crippen LogP contribution in [0.1, 0.15) is 46.0 Å². The summed E-state index contributed by atoms with van der Waals surface area (Å²) in [5.74, 6) is 0.990. The van der Waals surface area contributed by atoms with Crippen LogP contribution in [0, 0.1) is 5.92 Å². The maximum absolute atomic E-state index is 5.84. The molecule has 0 aromatic heterocycles. The molecule has 1 aliphatic carbocycles. The van der Waals surface area contributed by atoms with Crippen molar-refractivity contribution in [3.8, 4) is 0 Å². The summed E-state index contributed by atoms with van der Waals surface area (Å²) in [6, 6.07) is 0.744. The lowest BCUT2D eigenvalue weighted by Crippen LogP contribution is -2.48. The Balaban J connectivity index is 1.63. The summed E-state index contributed by atoms with van der Waals surface area (Å²) in [5, 5.41) is 3.73. The predicted octanol–water partition coefficient (Wildman–Crippen LogP) is 2.27.